The van der Waals surface area contributed by atoms with E-state index in [1.807, 2.05) is 43.3 Å². The third-order valence-corrected chi connectivity index (χ3v) is 6.59. The van der Waals surface area contributed by atoms with E-state index in [0.29, 0.717) is 40.6 Å². The highest BCUT2D eigenvalue weighted by molar-refractivity contribution is 6.00. The second-order valence-corrected chi connectivity index (χ2v) is 9.51. The smallest absolute Gasteiger partial charge is 0.397 e. The predicted octanol–water partition coefficient (Wildman–Crippen LogP) is 4.64. The first-order chi connectivity index (χ1) is 20.0. The minimum atomic E-state index is -0.735. The lowest BCUT2D eigenvalue weighted by Gasteiger charge is -2.19. The number of amides is 2. The molecule has 0 saturated carbocycles. The summed E-state index contributed by atoms with van der Waals surface area (Å²) in [5.41, 5.74) is 4.97. The first-order valence-corrected chi connectivity index (χ1v) is 13.0. The fourth-order valence-corrected chi connectivity index (χ4v) is 4.67. The van der Waals surface area contributed by atoms with Crippen molar-refractivity contribution in [3.63, 3.8) is 0 Å². The Bertz CT molecular complexity index is 1730. The van der Waals surface area contributed by atoms with Gasteiger partial charge in [0.2, 0.25) is 5.82 Å². The Morgan fingerprint density at radius 2 is 1.98 bits per heavy atom. The summed E-state index contributed by atoms with van der Waals surface area (Å²) in [5, 5.41) is 14.0. The quantitative estimate of drug-likeness (QED) is 0.271. The molecule has 13 nitrogen and oxygen atoms in total. The van der Waals surface area contributed by atoms with E-state index in [1.54, 1.807) is 23.7 Å². The van der Waals surface area contributed by atoms with Gasteiger partial charge in [-0.05, 0) is 43.9 Å². The highest BCUT2D eigenvalue weighted by atomic mass is 16.6. The average molecular weight is 555 g/mol. The molecule has 1 fully saturated rings. The Kier molecular flexibility index (Phi) is 7.08. The number of esters is 1. The number of pyridine rings is 1. The monoisotopic (exact) mass is 554 g/mol. The largest absolute Gasteiger partial charge is 0.454 e. The molecule has 4 aromatic heterocycles. The first kappa shape index (κ1) is 26.1. The van der Waals surface area contributed by atoms with Crippen LogP contribution in [0.25, 0.3) is 17.2 Å². The van der Waals surface area contributed by atoms with Crippen molar-refractivity contribution in [3.05, 3.63) is 83.3 Å². The van der Waals surface area contributed by atoms with E-state index in [9.17, 15) is 9.59 Å². The van der Waals surface area contributed by atoms with E-state index in [4.69, 9.17) is 14.0 Å². The molecule has 0 bridgehead atoms. The lowest BCUT2D eigenvalue weighted by molar-refractivity contribution is 0.0416. The third-order valence-electron chi connectivity index (χ3n) is 6.59. The number of hydrogen-bond acceptors (Lipinski definition) is 10. The van der Waals surface area contributed by atoms with E-state index < -0.39 is 12.0 Å². The van der Waals surface area contributed by atoms with Gasteiger partial charge in [0.05, 0.1) is 35.2 Å². The van der Waals surface area contributed by atoms with E-state index in [2.05, 4.69) is 35.8 Å². The zero-order chi connectivity index (χ0) is 28.3. The standard InChI is InChI=1S/C28H26N8O5/c1-16-13-19(14-29-22(16)25-34-26(41-35-25)27(37)40-15-18-7-4-3-5-8-18)32-28(38)33-23-17(2)31-21-10-11-30-36(21)24(23)20-9-6-12-39-20/h3-5,7-8,10-11,13-14,20H,6,9,12,15H2,1-2H3,(H2,32,33,38). The Morgan fingerprint density at radius 3 is 2.76 bits per heavy atom. The Balaban J connectivity index is 1.15. The molecule has 1 unspecified atom stereocenters. The summed E-state index contributed by atoms with van der Waals surface area (Å²) in [7, 11) is 0. The lowest BCUT2D eigenvalue weighted by Crippen LogP contribution is -2.23. The molecule has 208 valence electrons. The fraction of sp³-hybridized carbons (Fsp3) is 0.250. The summed E-state index contributed by atoms with van der Waals surface area (Å²) in [6, 6.07) is 12.3. The molecule has 1 aliphatic rings. The second-order valence-electron chi connectivity index (χ2n) is 9.51. The van der Waals surface area contributed by atoms with Crippen LogP contribution in [0.1, 0.15) is 52.1 Å². The van der Waals surface area contributed by atoms with Crippen LogP contribution in [0, 0.1) is 13.8 Å². The molecule has 1 aromatic carbocycles. The number of nitrogens with zero attached hydrogens (tertiary/aromatic N) is 6. The molecule has 5 heterocycles. The van der Waals surface area contributed by atoms with E-state index in [-0.39, 0.29) is 24.4 Å². The van der Waals surface area contributed by atoms with E-state index in [0.717, 1.165) is 24.1 Å². The first-order valence-electron chi connectivity index (χ1n) is 13.0. The Labute approximate surface area is 233 Å². The SMILES string of the molecule is Cc1cc(NC(=O)Nc2c(C)nc3ccnn3c2C2CCCO2)cnc1-c1noc(C(=O)OCc2ccccc2)n1. The van der Waals surface area contributed by atoms with Crippen molar-refractivity contribution >= 4 is 29.0 Å². The Hall–Kier alpha value is -5.17. The molecule has 1 aliphatic heterocycles. The maximum Gasteiger partial charge on any atom is 0.397 e. The number of aromatic nitrogens is 6. The molecular formula is C28H26N8O5. The highest BCUT2D eigenvalue weighted by Crippen LogP contribution is 2.35. The number of urea groups is 1. The van der Waals surface area contributed by atoms with Crippen LogP contribution in [0.3, 0.4) is 0 Å². The summed E-state index contributed by atoms with van der Waals surface area (Å²) in [4.78, 5) is 38.5. The van der Waals surface area contributed by atoms with Gasteiger partial charge in [0.1, 0.15) is 18.4 Å². The number of benzene rings is 1. The number of aryl methyl sites for hydroxylation is 2. The van der Waals surface area contributed by atoms with Crippen molar-refractivity contribution in [1.29, 1.82) is 0 Å². The fourth-order valence-electron chi connectivity index (χ4n) is 4.67. The minimum absolute atomic E-state index is 0.0810. The molecule has 0 aliphatic carbocycles. The number of rotatable bonds is 7. The maximum atomic E-state index is 13.0. The summed E-state index contributed by atoms with van der Waals surface area (Å²) in [6.45, 7) is 4.34. The van der Waals surface area contributed by atoms with Gasteiger partial charge in [0.15, 0.2) is 5.65 Å². The molecular weight excluding hydrogens is 528 g/mol. The van der Waals surface area contributed by atoms with Crippen molar-refractivity contribution in [1.82, 2.24) is 29.7 Å². The van der Waals surface area contributed by atoms with Gasteiger partial charge in [-0.1, -0.05) is 35.5 Å². The van der Waals surface area contributed by atoms with Crippen molar-refractivity contribution in [3.8, 4) is 11.5 Å². The maximum absolute atomic E-state index is 13.0. The normalized spacial score (nSPS) is 14.7. The number of hydrogen-bond donors (Lipinski definition) is 2. The highest BCUT2D eigenvalue weighted by Gasteiger charge is 2.27. The van der Waals surface area contributed by atoms with Crippen LogP contribution in [-0.2, 0) is 16.1 Å². The summed E-state index contributed by atoms with van der Waals surface area (Å²) in [5.74, 6) is -0.889. The lowest BCUT2D eigenvalue weighted by atomic mass is 10.1. The van der Waals surface area contributed by atoms with Crippen LogP contribution in [0.5, 0.6) is 0 Å². The van der Waals surface area contributed by atoms with E-state index >= 15 is 0 Å². The third kappa shape index (κ3) is 5.47. The molecule has 6 rings (SSSR count). The molecule has 1 saturated heterocycles. The van der Waals surface area contributed by atoms with Crippen LogP contribution in [0.4, 0.5) is 16.2 Å². The van der Waals surface area contributed by atoms with Crippen LogP contribution in [0.2, 0.25) is 0 Å². The topological polar surface area (TPSA) is 159 Å². The van der Waals surface area contributed by atoms with E-state index in [1.165, 1.54) is 6.20 Å². The number of fused-ring (bicyclic) bond motifs is 1. The summed E-state index contributed by atoms with van der Waals surface area (Å²) < 4.78 is 18.0. The van der Waals surface area contributed by atoms with Crippen molar-refractivity contribution in [2.75, 3.05) is 17.2 Å². The van der Waals surface area contributed by atoms with Crippen LogP contribution in [-0.4, -0.2) is 48.3 Å². The van der Waals surface area contributed by atoms with Gasteiger partial charge in [-0.2, -0.15) is 10.1 Å². The number of carbonyl (C=O) groups is 2. The van der Waals surface area contributed by atoms with Gasteiger partial charge >= 0.3 is 17.9 Å². The number of anilines is 2. The van der Waals surface area contributed by atoms with Gasteiger partial charge in [0, 0.05) is 12.7 Å². The predicted molar refractivity (Wildman–Crippen MR) is 146 cm³/mol. The molecule has 13 heteroatoms. The molecule has 2 amide bonds. The van der Waals surface area contributed by atoms with Crippen LogP contribution < -0.4 is 10.6 Å². The molecule has 2 N–H and O–H groups in total. The Morgan fingerprint density at radius 1 is 1.12 bits per heavy atom. The summed E-state index contributed by atoms with van der Waals surface area (Å²) >= 11 is 0. The van der Waals surface area contributed by atoms with Crippen molar-refractivity contribution in [2.24, 2.45) is 0 Å². The molecule has 1 atom stereocenters. The van der Waals surface area contributed by atoms with Gasteiger partial charge in [0.25, 0.3) is 0 Å². The van der Waals surface area contributed by atoms with Crippen molar-refractivity contribution < 1.29 is 23.6 Å². The molecule has 0 spiro atoms. The average Bonchev–Trinajstić information content (AvgIpc) is 3.75. The summed E-state index contributed by atoms with van der Waals surface area (Å²) in [6.07, 6.45) is 4.68. The van der Waals surface area contributed by atoms with Crippen LogP contribution >= 0.6 is 0 Å². The van der Waals surface area contributed by atoms with Crippen molar-refractivity contribution in [2.45, 2.75) is 39.4 Å². The van der Waals surface area contributed by atoms with Gasteiger partial charge in [-0.25, -0.2) is 19.1 Å². The second kappa shape index (κ2) is 11.1. The zero-order valence-electron chi connectivity index (χ0n) is 22.3. The minimum Gasteiger partial charge on any atom is -0.454 e. The van der Waals surface area contributed by atoms with Gasteiger partial charge < -0.3 is 24.6 Å². The number of ether oxygens (including phenoxy) is 2. The van der Waals surface area contributed by atoms with Crippen LogP contribution in [0.15, 0.2) is 59.4 Å². The van der Waals surface area contributed by atoms with Gasteiger partial charge in [-0.3, -0.25) is 4.98 Å². The molecule has 5 aromatic rings. The molecule has 41 heavy (non-hydrogen) atoms. The number of nitrogens with one attached hydrogen (secondary N) is 2. The molecule has 0 radical (unpaired) electrons. The van der Waals surface area contributed by atoms with Gasteiger partial charge in [-0.15, -0.1) is 0 Å². The number of carbonyl (C=O) groups excluding carboxylic acids is 2. The zero-order valence-corrected chi connectivity index (χ0v) is 22.3.